The van der Waals surface area contributed by atoms with E-state index in [2.05, 4.69) is 20.6 Å². The number of aliphatic hydroxyl groups is 1. The number of hydrogen-bond acceptors (Lipinski definition) is 6. The summed E-state index contributed by atoms with van der Waals surface area (Å²) in [6, 6.07) is 9.70. The van der Waals surface area contributed by atoms with E-state index in [9.17, 15) is 22.4 Å². The number of rotatable bonds is 7. The number of aromatic nitrogens is 3. The first kappa shape index (κ1) is 24.1. The quantitative estimate of drug-likeness (QED) is 0.260. The van der Waals surface area contributed by atoms with Gasteiger partial charge in [0.15, 0.2) is 0 Å². The zero-order valence-electron chi connectivity index (χ0n) is 18.0. The largest absolute Gasteiger partial charge is 0.439 e. The Bertz CT molecular complexity index is 1360. The number of fused-ring (bicyclic) bond motifs is 1. The lowest BCUT2D eigenvalue weighted by Crippen LogP contribution is -2.19. The average molecular weight is 489 g/mol. The molecule has 3 N–H and O–H groups in total. The molecule has 0 radical (unpaired) electrons. The standard InChI is InChI=1S/C23H19F4N5O3/c24-19-3-1-15(10-18(19)23(25,26)27)31-22(34)32-7-5-14-9-17(2-4-20(14)32)35-21-11-16(29-13-30-21)12-28-6-8-33/h1-5,7,9-11,13,28,33H,6,8,12H2,(H,31,34). The second-order valence-corrected chi connectivity index (χ2v) is 7.38. The van der Waals surface area contributed by atoms with Crippen molar-refractivity contribution in [2.45, 2.75) is 12.7 Å². The normalized spacial score (nSPS) is 11.6. The van der Waals surface area contributed by atoms with Gasteiger partial charge in [-0.05, 0) is 42.5 Å². The number of anilines is 1. The molecule has 0 aliphatic rings. The van der Waals surface area contributed by atoms with E-state index in [-0.39, 0.29) is 12.3 Å². The van der Waals surface area contributed by atoms with Gasteiger partial charge >= 0.3 is 12.2 Å². The summed E-state index contributed by atoms with van der Waals surface area (Å²) in [6.45, 7) is 0.853. The van der Waals surface area contributed by atoms with E-state index >= 15 is 0 Å². The SMILES string of the molecule is O=C(Nc1ccc(F)c(C(F)(F)F)c1)n1ccc2cc(Oc3cc(CNCCO)ncn3)ccc21. The molecule has 12 heteroatoms. The average Bonchev–Trinajstić information content (AvgIpc) is 3.23. The van der Waals surface area contributed by atoms with Crippen molar-refractivity contribution >= 4 is 22.6 Å². The maximum Gasteiger partial charge on any atom is 0.419 e. The van der Waals surface area contributed by atoms with Gasteiger partial charge in [-0.1, -0.05) is 0 Å². The lowest BCUT2D eigenvalue weighted by atomic mass is 10.2. The Morgan fingerprint density at radius 3 is 2.69 bits per heavy atom. The fourth-order valence-corrected chi connectivity index (χ4v) is 3.31. The van der Waals surface area contributed by atoms with Crippen molar-refractivity contribution in [1.82, 2.24) is 19.9 Å². The highest BCUT2D eigenvalue weighted by Crippen LogP contribution is 2.33. The molecule has 0 saturated heterocycles. The second-order valence-electron chi connectivity index (χ2n) is 7.38. The molecule has 2 heterocycles. The molecule has 4 aromatic rings. The van der Waals surface area contributed by atoms with Gasteiger partial charge in [-0.2, -0.15) is 13.2 Å². The molecule has 35 heavy (non-hydrogen) atoms. The molecule has 0 spiro atoms. The van der Waals surface area contributed by atoms with Gasteiger partial charge in [0, 0.05) is 36.4 Å². The molecule has 8 nitrogen and oxygen atoms in total. The number of benzene rings is 2. The highest BCUT2D eigenvalue weighted by molar-refractivity contribution is 5.98. The third-order valence-electron chi connectivity index (χ3n) is 4.92. The molecule has 0 saturated carbocycles. The van der Waals surface area contributed by atoms with Crippen LogP contribution in [0.2, 0.25) is 0 Å². The number of carbonyl (C=O) groups is 1. The summed E-state index contributed by atoms with van der Waals surface area (Å²) in [4.78, 5) is 20.8. The van der Waals surface area contributed by atoms with Crippen molar-refractivity contribution in [2.75, 3.05) is 18.5 Å². The summed E-state index contributed by atoms with van der Waals surface area (Å²) in [5, 5.41) is 14.8. The van der Waals surface area contributed by atoms with Crippen LogP contribution >= 0.6 is 0 Å². The van der Waals surface area contributed by atoms with Crippen LogP contribution in [0, 0.1) is 5.82 Å². The summed E-state index contributed by atoms with van der Waals surface area (Å²) < 4.78 is 59.3. The monoisotopic (exact) mass is 489 g/mol. The van der Waals surface area contributed by atoms with Gasteiger partial charge in [-0.25, -0.2) is 19.2 Å². The predicted molar refractivity (Wildman–Crippen MR) is 119 cm³/mol. The van der Waals surface area contributed by atoms with E-state index in [1.165, 1.54) is 17.1 Å². The highest BCUT2D eigenvalue weighted by atomic mass is 19.4. The lowest BCUT2D eigenvalue weighted by Gasteiger charge is -2.12. The maximum absolute atomic E-state index is 13.5. The Labute approximate surface area is 196 Å². The Kier molecular flexibility index (Phi) is 6.94. The van der Waals surface area contributed by atoms with Crippen molar-refractivity contribution in [3.63, 3.8) is 0 Å². The molecule has 0 atom stereocenters. The van der Waals surface area contributed by atoms with Crippen LogP contribution in [-0.2, 0) is 12.7 Å². The maximum atomic E-state index is 13.5. The van der Waals surface area contributed by atoms with E-state index in [4.69, 9.17) is 9.84 Å². The molecule has 0 unspecified atom stereocenters. The van der Waals surface area contributed by atoms with E-state index in [0.29, 0.717) is 53.4 Å². The topological polar surface area (TPSA) is 101 Å². The minimum Gasteiger partial charge on any atom is -0.439 e. The van der Waals surface area contributed by atoms with Crippen LogP contribution in [0.5, 0.6) is 11.6 Å². The molecule has 2 aromatic carbocycles. The first-order valence-corrected chi connectivity index (χ1v) is 10.3. The van der Waals surface area contributed by atoms with E-state index in [1.54, 1.807) is 30.3 Å². The number of carbonyl (C=O) groups excluding carboxylic acids is 1. The number of alkyl halides is 3. The van der Waals surface area contributed by atoms with Gasteiger partial charge in [-0.3, -0.25) is 4.57 Å². The summed E-state index contributed by atoms with van der Waals surface area (Å²) in [5.41, 5.74) is -0.517. The molecule has 1 amide bonds. The zero-order chi connectivity index (χ0) is 25.0. The van der Waals surface area contributed by atoms with E-state index in [0.717, 1.165) is 6.07 Å². The van der Waals surface area contributed by atoms with Crippen LogP contribution in [0.1, 0.15) is 11.3 Å². The first-order chi connectivity index (χ1) is 16.7. The number of nitrogens with zero attached hydrogens (tertiary/aromatic N) is 3. The molecule has 2 aromatic heterocycles. The van der Waals surface area contributed by atoms with Gasteiger partial charge in [-0.15, -0.1) is 0 Å². The van der Waals surface area contributed by atoms with Gasteiger partial charge in [0.1, 0.15) is 17.9 Å². The Morgan fingerprint density at radius 1 is 1.09 bits per heavy atom. The van der Waals surface area contributed by atoms with E-state index < -0.39 is 23.6 Å². The van der Waals surface area contributed by atoms with Gasteiger partial charge in [0.2, 0.25) is 5.88 Å². The van der Waals surface area contributed by atoms with Crippen LogP contribution in [0.4, 0.5) is 28.0 Å². The van der Waals surface area contributed by atoms with Crippen molar-refractivity contribution in [3.8, 4) is 11.6 Å². The van der Waals surface area contributed by atoms with Crippen LogP contribution in [-0.4, -0.2) is 38.8 Å². The molecule has 0 bridgehead atoms. The summed E-state index contributed by atoms with van der Waals surface area (Å²) >= 11 is 0. The first-order valence-electron chi connectivity index (χ1n) is 10.3. The number of aliphatic hydroxyl groups excluding tert-OH is 1. The fourth-order valence-electron chi connectivity index (χ4n) is 3.31. The van der Waals surface area contributed by atoms with Crippen LogP contribution < -0.4 is 15.4 Å². The number of halogens is 4. The number of hydrogen-bond donors (Lipinski definition) is 3. The Hall–Kier alpha value is -4.03. The van der Waals surface area contributed by atoms with Crippen LogP contribution in [0.25, 0.3) is 10.9 Å². The van der Waals surface area contributed by atoms with Crippen molar-refractivity contribution in [2.24, 2.45) is 0 Å². The number of amides is 1. The minimum absolute atomic E-state index is 0.00458. The molecule has 0 aliphatic heterocycles. The Morgan fingerprint density at radius 2 is 1.91 bits per heavy atom. The molecule has 182 valence electrons. The third kappa shape index (κ3) is 5.73. The molecule has 0 aliphatic carbocycles. The Balaban J connectivity index is 1.49. The minimum atomic E-state index is -4.89. The van der Waals surface area contributed by atoms with Crippen molar-refractivity contribution < 1.29 is 32.2 Å². The summed E-state index contributed by atoms with van der Waals surface area (Å²) in [5.74, 6) is -0.683. The molecule has 0 fully saturated rings. The van der Waals surface area contributed by atoms with E-state index in [1.807, 2.05) is 0 Å². The highest BCUT2D eigenvalue weighted by Gasteiger charge is 2.34. The predicted octanol–water partition coefficient (Wildman–Crippen LogP) is 4.54. The number of nitrogens with one attached hydrogen (secondary N) is 2. The molecule has 4 rings (SSSR count). The van der Waals surface area contributed by atoms with Crippen molar-refractivity contribution in [1.29, 1.82) is 0 Å². The second kappa shape index (κ2) is 10.1. The van der Waals surface area contributed by atoms with Crippen LogP contribution in [0.3, 0.4) is 0 Å². The molecular formula is C23H19F4N5O3. The lowest BCUT2D eigenvalue weighted by molar-refractivity contribution is -0.139. The van der Waals surface area contributed by atoms with Gasteiger partial charge in [0.05, 0.1) is 23.4 Å². The molecular weight excluding hydrogens is 470 g/mol. The van der Waals surface area contributed by atoms with Crippen LogP contribution in [0.15, 0.2) is 61.1 Å². The fraction of sp³-hybridized carbons (Fsp3) is 0.174. The van der Waals surface area contributed by atoms with Gasteiger partial charge in [0.25, 0.3) is 0 Å². The number of ether oxygens (including phenoxy) is 1. The van der Waals surface area contributed by atoms with Crippen molar-refractivity contribution in [3.05, 3.63) is 78.1 Å². The third-order valence-corrected chi connectivity index (χ3v) is 4.92. The zero-order valence-corrected chi connectivity index (χ0v) is 18.0. The summed E-state index contributed by atoms with van der Waals surface area (Å²) in [6.07, 6.45) is -2.08. The smallest absolute Gasteiger partial charge is 0.419 e. The van der Waals surface area contributed by atoms with Gasteiger partial charge < -0.3 is 20.5 Å². The summed E-state index contributed by atoms with van der Waals surface area (Å²) in [7, 11) is 0.